The molecule has 2 heterocycles. The van der Waals surface area contributed by atoms with Crippen LogP contribution in [0.15, 0.2) is 106 Å². The predicted octanol–water partition coefficient (Wildman–Crippen LogP) is 7.48. The highest BCUT2D eigenvalue weighted by Gasteiger charge is 2.35. The summed E-state index contributed by atoms with van der Waals surface area (Å²) in [7, 11) is 1.58. The van der Waals surface area contributed by atoms with Crippen molar-refractivity contribution in [3.8, 4) is 11.5 Å². The van der Waals surface area contributed by atoms with E-state index < -0.39 is 12.0 Å². The molecule has 1 atom stereocenters. The summed E-state index contributed by atoms with van der Waals surface area (Å²) < 4.78 is 19.0. The van der Waals surface area contributed by atoms with E-state index >= 15 is 0 Å². The number of nitrogens with zero attached hydrogens (tertiary/aromatic N) is 2. The van der Waals surface area contributed by atoms with E-state index in [2.05, 4.69) is 0 Å². The molecule has 0 amide bonds. The summed E-state index contributed by atoms with van der Waals surface area (Å²) in [6.45, 7) is 2.06. The van der Waals surface area contributed by atoms with E-state index in [1.54, 1.807) is 68.6 Å². The molecule has 0 radical (unpaired) electrons. The summed E-state index contributed by atoms with van der Waals surface area (Å²) in [5, 5.41) is 1.47. The van der Waals surface area contributed by atoms with Crippen LogP contribution in [0.25, 0.3) is 11.8 Å². The van der Waals surface area contributed by atoms with Crippen LogP contribution in [0.1, 0.15) is 35.2 Å². The van der Waals surface area contributed by atoms with Gasteiger partial charge in [0.2, 0.25) is 0 Å². The number of aromatic nitrogens is 1. The number of methoxy groups -OCH3 is 1. The Kier molecular flexibility index (Phi) is 9.84. The highest BCUT2D eigenvalue weighted by molar-refractivity contribution is 7.07. The molecule has 47 heavy (non-hydrogen) atoms. The van der Waals surface area contributed by atoms with Gasteiger partial charge < -0.3 is 14.2 Å². The number of ether oxygens (including phenoxy) is 3. The van der Waals surface area contributed by atoms with Crippen LogP contribution in [0.2, 0.25) is 15.1 Å². The molecular formula is C36H27Cl3N2O5S. The highest BCUT2D eigenvalue weighted by atomic mass is 35.5. The van der Waals surface area contributed by atoms with Gasteiger partial charge in [0.1, 0.15) is 18.1 Å². The first-order valence-corrected chi connectivity index (χ1v) is 16.5. The number of carbonyl (C=O) groups excluding carboxylic acids is 1. The average Bonchev–Trinajstić information content (AvgIpc) is 3.38. The SMILES string of the molecule is CCOC(=O)C1=C(c2ccccc2)N=c2s/c(=C\c3cc(Cl)ccc3OCc3ccc(Cl)cc3Cl)c(=O)n2[C@@H]1c1ccc(OC)cc1. The molecular weight excluding hydrogens is 679 g/mol. The molecule has 0 aliphatic carbocycles. The maximum Gasteiger partial charge on any atom is 0.338 e. The molecule has 0 N–H and O–H groups in total. The Labute approximate surface area is 289 Å². The molecule has 0 fully saturated rings. The molecule has 1 aromatic heterocycles. The van der Waals surface area contributed by atoms with Gasteiger partial charge in [-0.1, -0.05) is 94.7 Å². The first kappa shape index (κ1) is 32.6. The minimum absolute atomic E-state index is 0.156. The van der Waals surface area contributed by atoms with Crippen molar-refractivity contribution in [2.75, 3.05) is 13.7 Å². The summed E-state index contributed by atoms with van der Waals surface area (Å²) in [4.78, 5) is 33.3. The number of hydrogen-bond donors (Lipinski definition) is 0. The van der Waals surface area contributed by atoms with Gasteiger partial charge in [0.15, 0.2) is 4.80 Å². The Morgan fingerprint density at radius 1 is 0.957 bits per heavy atom. The van der Waals surface area contributed by atoms with Crippen LogP contribution in [-0.4, -0.2) is 24.3 Å². The molecule has 5 aromatic rings. The monoisotopic (exact) mass is 704 g/mol. The highest BCUT2D eigenvalue weighted by Crippen LogP contribution is 2.36. The molecule has 0 saturated carbocycles. The first-order valence-electron chi connectivity index (χ1n) is 14.6. The molecule has 238 valence electrons. The topological polar surface area (TPSA) is 79.1 Å². The van der Waals surface area contributed by atoms with Crippen molar-refractivity contribution in [2.24, 2.45) is 4.99 Å². The number of thiazole rings is 1. The Hall–Kier alpha value is -4.34. The number of carbonyl (C=O) groups is 1. The summed E-state index contributed by atoms with van der Waals surface area (Å²) >= 11 is 20.0. The normalized spacial score (nSPS) is 14.4. The van der Waals surface area contributed by atoms with Gasteiger partial charge in [-0.2, -0.15) is 0 Å². The summed E-state index contributed by atoms with van der Waals surface area (Å²) in [6.07, 6.45) is 1.72. The van der Waals surface area contributed by atoms with Crippen molar-refractivity contribution in [1.29, 1.82) is 0 Å². The van der Waals surface area contributed by atoms with E-state index in [4.69, 9.17) is 54.0 Å². The molecule has 0 bridgehead atoms. The standard InChI is InChI=1S/C36H27Cl3N2O5S/c1-3-45-35(43)31-32(21-7-5-4-6-8-21)40-36-41(33(31)22-10-14-27(44-2)15-11-22)34(42)30(47-36)18-24-17-25(37)13-16-29(24)46-20-23-9-12-26(38)19-28(23)39/h4-19,33H,3,20H2,1-2H3/b30-18-/t33-/m1/s1. The van der Waals surface area contributed by atoms with E-state index in [-0.39, 0.29) is 24.3 Å². The van der Waals surface area contributed by atoms with Gasteiger partial charge in [-0.15, -0.1) is 0 Å². The van der Waals surface area contributed by atoms with E-state index in [0.29, 0.717) is 52.7 Å². The van der Waals surface area contributed by atoms with Crippen molar-refractivity contribution < 1.29 is 19.0 Å². The van der Waals surface area contributed by atoms with Gasteiger partial charge in [0.25, 0.3) is 5.56 Å². The van der Waals surface area contributed by atoms with E-state index in [0.717, 1.165) is 11.1 Å². The van der Waals surface area contributed by atoms with Gasteiger partial charge in [0.05, 0.1) is 35.6 Å². The molecule has 1 aliphatic rings. The number of fused-ring (bicyclic) bond motifs is 1. The second kappa shape index (κ2) is 14.2. The minimum atomic E-state index is -0.823. The molecule has 4 aromatic carbocycles. The van der Waals surface area contributed by atoms with E-state index in [1.807, 2.05) is 42.5 Å². The van der Waals surface area contributed by atoms with Gasteiger partial charge in [-0.05, 0) is 61.0 Å². The third-order valence-electron chi connectivity index (χ3n) is 7.46. The van der Waals surface area contributed by atoms with Crippen molar-refractivity contribution in [1.82, 2.24) is 4.57 Å². The molecule has 7 nitrogen and oxygen atoms in total. The molecule has 11 heteroatoms. The van der Waals surface area contributed by atoms with E-state index in [9.17, 15) is 9.59 Å². The summed E-state index contributed by atoms with van der Waals surface area (Å²) in [5.41, 5.74) is 3.10. The fourth-order valence-electron chi connectivity index (χ4n) is 5.24. The molecule has 0 unspecified atom stereocenters. The van der Waals surface area contributed by atoms with Crippen LogP contribution < -0.4 is 24.4 Å². The van der Waals surface area contributed by atoms with Crippen LogP contribution >= 0.6 is 46.1 Å². The number of esters is 1. The molecule has 1 aliphatic heterocycles. The van der Waals surface area contributed by atoms with Gasteiger partial charge in [-0.25, -0.2) is 9.79 Å². The first-order chi connectivity index (χ1) is 22.8. The number of hydrogen-bond acceptors (Lipinski definition) is 7. The van der Waals surface area contributed by atoms with Gasteiger partial charge in [0, 0.05) is 31.8 Å². The van der Waals surface area contributed by atoms with Crippen LogP contribution in [-0.2, 0) is 16.1 Å². The third kappa shape index (κ3) is 6.87. The average molecular weight is 706 g/mol. The Balaban J connectivity index is 1.53. The van der Waals surface area contributed by atoms with Crippen molar-refractivity contribution in [2.45, 2.75) is 19.6 Å². The zero-order valence-corrected chi connectivity index (χ0v) is 28.3. The van der Waals surface area contributed by atoms with Gasteiger partial charge in [-0.3, -0.25) is 9.36 Å². The fraction of sp³-hybridized carbons (Fsp3) is 0.139. The third-order valence-corrected chi connectivity index (χ3v) is 9.27. The zero-order chi connectivity index (χ0) is 33.1. The minimum Gasteiger partial charge on any atom is -0.497 e. The van der Waals surface area contributed by atoms with Crippen LogP contribution in [0.5, 0.6) is 11.5 Å². The Morgan fingerprint density at radius 2 is 1.68 bits per heavy atom. The quantitative estimate of drug-likeness (QED) is 0.149. The predicted molar refractivity (Wildman–Crippen MR) is 186 cm³/mol. The van der Waals surface area contributed by atoms with Crippen LogP contribution in [0.3, 0.4) is 0 Å². The van der Waals surface area contributed by atoms with E-state index in [1.165, 1.54) is 15.9 Å². The lowest BCUT2D eigenvalue weighted by molar-refractivity contribution is -0.138. The smallest absolute Gasteiger partial charge is 0.338 e. The largest absolute Gasteiger partial charge is 0.497 e. The zero-order valence-electron chi connectivity index (χ0n) is 25.2. The summed E-state index contributed by atoms with van der Waals surface area (Å²) in [6, 6.07) is 26.2. The second-order valence-corrected chi connectivity index (χ2v) is 12.7. The molecule has 6 rings (SSSR count). The van der Waals surface area contributed by atoms with Gasteiger partial charge >= 0.3 is 5.97 Å². The number of rotatable bonds is 9. The Morgan fingerprint density at radius 3 is 2.38 bits per heavy atom. The van der Waals surface area contributed by atoms with Crippen LogP contribution in [0.4, 0.5) is 0 Å². The lowest BCUT2D eigenvalue weighted by atomic mass is 9.93. The fourth-order valence-corrected chi connectivity index (χ4v) is 6.88. The Bertz CT molecular complexity index is 2180. The lowest BCUT2D eigenvalue weighted by Gasteiger charge is -2.26. The maximum atomic E-state index is 14.3. The molecule has 0 saturated heterocycles. The maximum absolute atomic E-state index is 14.3. The van der Waals surface area contributed by atoms with Crippen molar-refractivity contribution in [3.63, 3.8) is 0 Å². The van der Waals surface area contributed by atoms with Crippen molar-refractivity contribution in [3.05, 3.63) is 154 Å². The number of benzene rings is 4. The second-order valence-electron chi connectivity index (χ2n) is 10.4. The molecule has 0 spiro atoms. The van der Waals surface area contributed by atoms with Crippen molar-refractivity contribution >= 4 is 63.9 Å². The van der Waals surface area contributed by atoms with Crippen LogP contribution in [0, 0.1) is 0 Å². The lowest BCUT2D eigenvalue weighted by Crippen LogP contribution is -2.40. The number of halogens is 3. The summed E-state index contributed by atoms with van der Waals surface area (Å²) in [5.74, 6) is 0.575.